The number of aromatic nitrogens is 3. The molecular formula is C18H27Cl2N5O. The Kier molecular flexibility index (Phi) is 6.55. The Morgan fingerprint density at radius 3 is 2.69 bits per heavy atom. The first-order valence-corrected chi connectivity index (χ1v) is 8.62. The third-order valence-electron chi connectivity index (χ3n) is 5.56. The van der Waals surface area contributed by atoms with Crippen LogP contribution in [-0.4, -0.2) is 52.7 Å². The van der Waals surface area contributed by atoms with Crippen LogP contribution in [0, 0.1) is 25.2 Å². The summed E-state index contributed by atoms with van der Waals surface area (Å²) in [5.74, 6) is 1.52. The van der Waals surface area contributed by atoms with E-state index in [2.05, 4.69) is 45.4 Å². The van der Waals surface area contributed by atoms with Crippen molar-refractivity contribution < 1.29 is 5.11 Å². The fourth-order valence-electron chi connectivity index (χ4n) is 4.12. The van der Waals surface area contributed by atoms with Gasteiger partial charge in [-0.2, -0.15) is 5.10 Å². The Morgan fingerprint density at radius 2 is 2.12 bits per heavy atom. The van der Waals surface area contributed by atoms with Crippen molar-refractivity contribution in [2.45, 2.75) is 20.4 Å². The summed E-state index contributed by atoms with van der Waals surface area (Å²) in [5, 5.41) is 17.8. The molecule has 2 fully saturated rings. The summed E-state index contributed by atoms with van der Waals surface area (Å²) in [6.45, 7) is 8.83. The summed E-state index contributed by atoms with van der Waals surface area (Å²) in [5.41, 5.74) is 3.37. The predicted molar refractivity (Wildman–Crippen MR) is 108 cm³/mol. The van der Waals surface area contributed by atoms with E-state index < -0.39 is 0 Å². The van der Waals surface area contributed by atoms with Crippen LogP contribution < -0.4 is 10.2 Å². The summed E-state index contributed by atoms with van der Waals surface area (Å²) in [4.78, 5) is 6.98. The van der Waals surface area contributed by atoms with Crippen LogP contribution in [0.15, 0.2) is 24.4 Å². The van der Waals surface area contributed by atoms with Crippen molar-refractivity contribution in [3.8, 4) is 0 Å². The summed E-state index contributed by atoms with van der Waals surface area (Å²) in [6.07, 6.45) is 1.95. The first kappa shape index (κ1) is 21.0. The number of halogens is 2. The summed E-state index contributed by atoms with van der Waals surface area (Å²) in [7, 11) is 0. The normalized spacial score (nSPS) is 24.1. The number of hydrogen-bond acceptors (Lipinski definition) is 5. The zero-order valence-corrected chi connectivity index (χ0v) is 16.8. The Balaban J connectivity index is 0.00000121. The number of pyridine rings is 1. The van der Waals surface area contributed by atoms with Crippen molar-refractivity contribution in [3.05, 3.63) is 41.3 Å². The van der Waals surface area contributed by atoms with Crippen molar-refractivity contribution in [2.75, 3.05) is 37.7 Å². The molecule has 2 aromatic rings. The lowest BCUT2D eigenvalue weighted by Crippen LogP contribution is -2.36. The molecule has 0 saturated carbocycles. The second-order valence-electron chi connectivity index (χ2n) is 7.34. The highest BCUT2D eigenvalue weighted by atomic mass is 35.5. The van der Waals surface area contributed by atoms with Gasteiger partial charge in [0.15, 0.2) is 0 Å². The lowest BCUT2D eigenvalue weighted by molar-refractivity contribution is 0.135. The third-order valence-corrected chi connectivity index (χ3v) is 5.56. The molecule has 26 heavy (non-hydrogen) atoms. The average molecular weight is 400 g/mol. The predicted octanol–water partition coefficient (Wildman–Crippen LogP) is 1.80. The van der Waals surface area contributed by atoms with Gasteiger partial charge in [-0.1, -0.05) is 6.07 Å². The number of anilines is 1. The van der Waals surface area contributed by atoms with Gasteiger partial charge >= 0.3 is 0 Å². The number of nitrogens with zero attached hydrogens (tertiary/aromatic N) is 4. The number of nitrogens with one attached hydrogen (secondary N) is 1. The topological polar surface area (TPSA) is 66.2 Å². The molecule has 6 nitrogen and oxygen atoms in total. The third kappa shape index (κ3) is 3.69. The van der Waals surface area contributed by atoms with Gasteiger partial charge in [-0.25, -0.2) is 4.98 Å². The van der Waals surface area contributed by atoms with E-state index in [1.165, 1.54) is 5.69 Å². The molecule has 2 atom stereocenters. The van der Waals surface area contributed by atoms with Gasteiger partial charge in [-0.15, -0.1) is 24.8 Å². The lowest BCUT2D eigenvalue weighted by atomic mass is 9.82. The molecule has 0 radical (unpaired) electrons. The Bertz CT molecular complexity index is 736. The highest BCUT2D eigenvalue weighted by molar-refractivity contribution is 5.85. The monoisotopic (exact) mass is 399 g/mol. The van der Waals surface area contributed by atoms with E-state index in [1.807, 2.05) is 17.8 Å². The second-order valence-corrected chi connectivity index (χ2v) is 7.34. The van der Waals surface area contributed by atoms with Crippen LogP contribution in [0.2, 0.25) is 0 Å². The SMILES string of the molecule is Cc1cc(C)n(Cc2ccc(N3CC4CNCC4(CO)C3)nc2)n1.Cl.Cl. The molecule has 0 amide bonds. The van der Waals surface area contributed by atoms with Crippen LogP contribution in [0.5, 0.6) is 0 Å². The highest BCUT2D eigenvalue weighted by Gasteiger charge is 2.49. The van der Waals surface area contributed by atoms with Crippen LogP contribution in [-0.2, 0) is 6.54 Å². The maximum atomic E-state index is 9.83. The minimum atomic E-state index is 0. The van der Waals surface area contributed by atoms with E-state index in [9.17, 15) is 5.11 Å². The molecule has 2 unspecified atom stereocenters. The molecule has 0 bridgehead atoms. The highest BCUT2D eigenvalue weighted by Crippen LogP contribution is 2.39. The molecule has 2 aliphatic rings. The molecule has 144 valence electrons. The molecule has 2 aromatic heterocycles. The minimum Gasteiger partial charge on any atom is -0.396 e. The quantitative estimate of drug-likeness (QED) is 0.820. The van der Waals surface area contributed by atoms with Crippen molar-refractivity contribution in [2.24, 2.45) is 11.3 Å². The average Bonchev–Trinajstić information content (AvgIpc) is 3.20. The Labute approximate surface area is 166 Å². The van der Waals surface area contributed by atoms with Gasteiger partial charge < -0.3 is 15.3 Å². The largest absolute Gasteiger partial charge is 0.396 e. The number of aryl methyl sites for hydroxylation is 2. The molecule has 0 spiro atoms. The lowest BCUT2D eigenvalue weighted by Gasteiger charge is -2.25. The van der Waals surface area contributed by atoms with Gasteiger partial charge in [0.1, 0.15) is 5.82 Å². The van der Waals surface area contributed by atoms with Gasteiger partial charge in [-0.05, 0) is 37.5 Å². The van der Waals surface area contributed by atoms with Gasteiger partial charge in [-0.3, -0.25) is 4.68 Å². The summed E-state index contributed by atoms with van der Waals surface area (Å²) >= 11 is 0. The summed E-state index contributed by atoms with van der Waals surface area (Å²) in [6, 6.07) is 6.32. The zero-order chi connectivity index (χ0) is 16.7. The first-order chi connectivity index (χ1) is 11.6. The van der Waals surface area contributed by atoms with E-state index in [0.29, 0.717) is 5.92 Å². The van der Waals surface area contributed by atoms with E-state index in [4.69, 9.17) is 0 Å². The second kappa shape index (κ2) is 8.13. The van der Waals surface area contributed by atoms with E-state index >= 15 is 0 Å². The summed E-state index contributed by atoms with van der Waals surface area (Å²) < 4.78 is 2.01. The van der Waals surface area contributed by atoms with E-state index in [-0.39, 0.29) is 36.8 Å². The molecule has 8 heteroatoms. The number of hydrogen-bond donors (Lipinski definition) is 2. The first-order valence-electron chi connectivity index (χ1n) is 8.62. The molecular weight excluding hydrogens is 373 g/mol. The van der Waals surface area contributed by atoms with Crippen molar-refractivity contribution >= 4 is 30.6 Å². The maximum absolute atomic E-state index is 9.83. The molecule has 4 heterocycles. The van der Waals surface area contributed by atoms with Crippen molar-refractivity contribution in [1.29, 1.82) is 0 Å². The van der Waals surface area contributed by atoms with Crippen LogP contribution in [0.1, 0.15) is 17.0 Å². The zero-order valence-electron chi connectivity index (χ0n) is 15.2. The molecule has 0 aliphatic carbocycles. The fourth-order valence-corrected chi connectivity index (χ4v) is 4.12. The number of rotatable bonds is 4. The van der Waals surface area contributed by atoms with Crippen LogP contribution in [0.3, 0.4) is 0 Å². The van der Waals surface area contributed by atoms with Crippen molar-refractivity contribution in [3.63, 3.8) is 0 Å². The standard InChI is InChI=1S/C18H25N5O.2ClH/c1-13-5-14(2)23(21-13)8-15-3-4-17(20-6-15)22-9-16-7-19-10-18(16,11-22)12-24;;/h3-6,16,19,24H,7-12H2,1-2H3;2*1H. The number of fused-ring (bicyclic) bond motifs is 1. The maximum Gasteiger partial charge on any atom is 0.128 e. The molecule has 2 N–H and O–H groups in total. The smallest absolute Gasteiger partial charge is 0.128 e. The van der Waals surface area contributed by atoms with Gasteiger partial charge in [0, 0.05) is 43.5 Å². The van der Waals surface area contributed by atoms with Crippen LogP contribution in [0.25, 0.3) is 0 Å². The Morgan fingerprint density at radius 1 is 1.31 bits per heavy atom. The van der Waals surface area contributed by atoms with E-state index in [1.54, 1.807) is 0 Å². The molecule has 2 aliphatic heterocycles. The van der Waals surface area contributed by atoms with Crippen LogP contribution in [0.4, 0.5) is 5.82 Å². The number of aliphatic hydroxyl groups is 1. The molecule has 2 saturated heterocycles. The fraction of sp³-hybridized carbons (Fsp3) is 0.556. The van der Waals surface area contributed by atoms with Gasteiger partial charge in [0.25, 0.3) is 0 Å². The van der Waals surface area contributed by atoms with Gasteiger partial charge in [0.05, 0.1) is 18.8 Å². The van der Waals surface area contributed by atoms with E-state index in [0.717, 1.165) is 49.8 Å². The number of aliphatic hydroxyl groups excluding tert-OH is 1. The molecule has 4 rings (SSSR count). The molecule has 0 aromatic carbocycles. The van der Waals surface area contributed by atoms with Crippen LogP contribution >= 0.6 is 24.8 Å². The Hall–Kier alpha value is -1.34. The van der Waals surface area contributed by atoms with Crippen molar-refractivity contribution in [1.82, 2.24) is 20.1 Å². The van der Waals surface area contributed by atoms with Gasteiger partial charge in [0.2, 0.25) is 0 Å². The minimum absolute atomic E-state index is 0.